The van der Waals surface area contributed by atoms with Gasteiger partial charge in [0.2, 0.25) is 0 Å². The molecule has 0 aliphatic heterocycles. The molecule has 2 aromatic heterocycles. The summed E-state index contributed by atoms with van der Waals surface area (Å²) in [5.41, 5.74) is 15.1. The molecule has 2 heterocycles. The normalized spacial score (nSPS) is 13.3. The number of hydrogen-bond acceptors (Lipinski definition) is 3. The lowest BCUT2D eigenvalue weighted by molar-refractivity contribution is 0.660. The highest BCUT2D eigenvalue weighted by atomic mass is 16.3. The summed E-state index contributed by atoms with van der Waals surface area (Å²) in [5.74, 6) is 0. The standard InChI is InChI=1S/C53H34N2O/c1-53(2)45-21-10-9-16-40(45)41-24-22-32(29-46(41)53)33-26-34(37-19-11-20-44-49-36-13-4-3-12-31(36)23-25-48(49)56-52(37)44)28-35(27-33)47-30-54-50-42-17-7-5-14-38(42)39-15-6-8-18-43(39)51(50)55-47/h3-30H,1-2H3. The molecule has 11 aromatic rings. The van der Waals surface area contributed by atoms with Gasteiger partial charge in [0.25, 0.3) is 0 Å². The second-order valence-corrected chi connectivity index (χ2v) is 15.7. The fourth-order valence-electron chi connectivity index (χ4n) is 9.54. The topological polar surface area (TPSA) is 38.9 Å². The monoisotopic (exact) mass is 714 g/mol. The van der Waals surface area contributed by atoms with Crippen molar-refractivity contribution in [2.45, 2.75) is 19.3 Å². The Balaban J connectivity index is 1.12. The zero-order valence-corrected chi connectivity index (χ0v) is 31.0. The molecule has 9 aromatic carbocycles. The number of fused-ring (bicyclic) bond motifs is 14. The van der Waals surface area contributed by atoms with Crippen LogP contribution in [-0.4, -0.2) is 9.97 Å². The van der Waals surface area contributed by atoms with E-state index in [0.29, 0.717) is 0 Å². The molecule has 0 fully saturated rings. The van der Waals surface area contributed by atoms with Crippen LogP contribution in [0.3, 0.4) is 0 Å². The van der Waals surface area contributed by atoms with Gasteiger partial charge in [-0.1, -0.05) is 147 Å². The summed E-state index contributed by atoms with van der Waals surface area (Å²) in [6.45, 7) is 4.68. The van der Waals surface area contributed by atoms with E-state index in [-0.39, 0.29) is 5.41 Å². The third-order valence-corrected chi connectivity index (χ3v) is 12.3. The van der Waals surface area contributed by atoms with E-state index < -0.39 is 0 Å². The van der Waals surface area contributed by atoms with Crippen LogP contribution in [0.4, 0.5) is 0 Å². The molecular formula is C53H34N2O. The van der Waals surface area contributed by atoms with Gasteiger partial charge in [-0.2, -0.15) is 0 Å². The molecular weight excluding hydrogens is 681 g/mol. The predicted molar refractivity (Wildman–Crippen MR) is 233 cm³/mol. The van der Waals surface area contributed by atoms with Crippen molar-refractivity contribution in [3.8, 4) is 44.6 Å². The van der Waals surface area contributed by atoms with Crippen molar-refractivity contribution in [3.05, 3.63) is 181 Å². The van der Waals surface area contributed by atoms with E-state index in [2.05, 4.69) is 178 Å². The van der Waals surface area contributed by atoms with Gasteiger partial charge in [-0.05, 0) is 90.8 Å². The van der Waals surface area contributed by atoms with Crippen LogP contribution in [0.5, 0.6) is 0 Å². The summed E-state index contributed by atoms with van der Waals surface area (Å²) in [4.78, 5) is 10.6. The van der Waals surface area contributed by atoms with Crippen molar-refractivity contribution < 1.29 is 4.42 Å². The van der Waals surface area contributed by atoms with Crippen LogP contribution in [0.2, 0.25) is 0 Å². The summed E-state index contributed by atoms with van der Waals surface area (Å²) in [5, 5.41) is 9.25. The molecule has 1 aliphatic carbocycles. The summed E-state index contributed by atoms with van der Waals surface area (Å²) < 4.78 is 6.78. The van der Waals surface area contributed by atoms with Gasteiger partial charge in [-0.3, -0.25) is 4.98 Å². The van der Waals surface area contributed by atoms with Gasteiger partial charge in [0.15, 0.2) is 0 Å². The molecule has 0 bridgehead atoms. The van der Waals surface area contributed by atoms with Gasteiger partial charge < -0.3 is 4.42 Å². The fourth-order valence-corrected chi connectivity index (χ4v) is 9.54. The van der Waals surface area contributed by atoms with E-state index in [1.165, 1.54) is 49.4 Å². The first kappa shape index (κ1) is 31.3. The summed E-state index contributed by atoms with van der Waals surface area (Å²) in [7, 11) is 0. The minimum atomic E-state index is -0.112. The molecule has 0 atom stereocenters. The first-order chi connectivity index (χ1) is 27.5. The van der Waals surface area contributed by atoms with Gasteiger partial charge in [-0.15, -0.1) is 0 Å². The Labute approximate surface area is 323 Å². The molecule has 0 saturated heterocycles. The maximum atomic E-state index is 6.78. The maximum absolute atomic E-state index is 6.78. The van der Waals surface area contributed by atoms with Crippen LogP contribution in [0, 0.1) is 0 Å². The van der Waals surface area contributed by atoms with Crippen molar-refractivity contribution in [3.63, 3.8) is 0 Å². The molecule has 3 heteroatoms. The quantitative estimate of drug-likeness (QED) is 0.171. The summed E-state index contributed by atoms with van der Waals surface area (Å²) in [6, 6.07) is 59.1. The van der Waals surface area contributed by atoms with Crippen LogP contribution >= 0.6 is 0 Å². The first-order valence-electron chi connectivity index (χ1n) is 19.3. The molecule has 1 aliphatic rings. The van der Waals surface area contributed by atoms with Crippen molar-refractivity contribution >= 4 is 65.3 Å². The second-order valence-electron chi connectivity index (χ2n) is 15.7. The lowest BCUT2D eigenvalue weighted by Crippen LogP contribution is -2.14. The zero-order chi connectivity index (χ0) is 37.1. The van der Waals surface area contributed by atoms with Crippen LogP contribution < -0.4 is 0 Å². The number of nitrogens with zero attached hydrogens (tertiary/aromatic N) is 2. The molecule has 56 heavy (non-hydrogen) atoms. The number of benzene rings is 9. The van der Waals surface area contributed by atoms with E-state index in [1.807, 2.05) is 6.20 Å². The minimum Gasteiger partial charge on any atom is -0.455 e. The van der Waals surface area contributed by atoms with Gasteiger partial charge in [-0.25, -0.2) is 4.98 Å². The highest BCUT2D eigenvalue weighted by molar-refractivity contribution is 6.23. The first-order valence-corrected chi connectivity index (χ1v) is 19.3. The van der Waals surface area contributed by atoms with Crippen LogP contribution in [0.25, 0.3) is 110 Å². The average molecular weight is 715 g/mol. The van der Waals surface area contributed by atoms with E-state index in [4.69, 9.17) is 14.4 Å². The Bertz CT molecular complexity index is 3430. The lowest BCUT2D eigenvalue weighted by atomic mass is 9.81. The largest absolute Gasteiger partial charge is 0.455 e. The van der Waals surface area contributed by atoms with Crippen LogP contribution in [0.1, 0.15) is 25.0 Å². The molecule has 0 spiro atoms. The zero-order valence-electron chi connectivity index (χ0n) is 31.0. The highest BCUT2D eigenvalue weighted by Crippen LogP contribution is 2.50. The second kappa shape index (κ2) is 11.5. The lowest BCUT2D eigenvalue weighted by Gasteiger charge is -2.22. The summed E-state index contributed by atoms with van der Waals surface area (Å²) >= 11 is 0. The number of rotatable bonds is 3. The molecule has 0 saturated carbocycles. The molecule has 0 amide bonds. The van der Waals surface area contributed by atoms with E-state index in [9.17, 15) is 0 Å². The fraction of sp³-hybridized carbons (Fsp3) is 0.0566. The number of hydrogen-bond donors (Lipinski definition) is 0. The van der Waals surface area contributed by atoms with Gasteiger partial charge >= 0.3 is 0 Å². The Morgan fingerprint density at radius 1 is 0.446 bits per heavy atom. The third kappa shape index (κ3) is 4.40. The SMILES string of the molecule is CC1(C)c2ccccc2-c2ccc(-c3cc(-c4cnc5c6ccccc6c6ccccc6c5n4)cc(-c4cccc5c4oc4ccc6ccccc6c45)c3)cc21. The Morgan fingerprint density at radius 3 is 1.93 bits per heavy atom. The average Bonchev–Trinajstić information content (AvgIpc) is 3.75. The molecule has 0 N–H and O–H groups in total. The summed E-state index contributed by atoms with van der Waals surface area (Å²) in [6.07, 6.45) is 1.95. The van der Waals surface area contributed by atoms with Crippen LogP contribution in [0.15, 0.2) is 174 Å². The van der Waals surface area contributed by atoms with E-state index in [0.717, 1.165) is 71.7 Å². The Kier molecular flexibility index (Phi) is 6.40. The predicted octanol–water partition coefficient (Wildman–Crippen LogP) is 14.3. The molecule has 3 nitrogen and oxygen atoms in total. The van der Waals surface area contributed by atoms with Gasteiger partial charge in [0.05, 0.1) is 22.9 Å². The van der Waals surface area contributed by atoms with Crippen molar-refractivity contribution in [1.29, 1.82) is 0 Å². The minimum absolute atomic E-state index is 0.112. The third-order valence-electron chi connectivity index (χ3n) is 12.3. The van der Waals surface area contributed by atoms with Crippen molar-refractivity contribution in [2.24, 2.45) is 0 Å². The van der Waals surface area contributed by atoms with Crippen LogP contribution in [-0.2, 0) is 5.41 Å². The van der Waals surface area contributed by atoms with E-state index in [1.54, 1.807) is 0 Å². The molecule has 0 radical (unpaired) electrons. The number of furan rings is 1. The van der Waals surface area contributed by atoms with E-state index >= 15 is 0 Å². The Morgan fingerprint density at radius 2 is 1.09 bits per heavy atom. The molecule has 0 unspecified atom stereocenters. The van der Waals surface area contributed by atoms with Crippen molar-refractivity contribution in [2.75, 3.05) is 0 Å². The molecule has 12 rings (SSSR count). The maximum Gasteiger partial charge on any atom is 0.143 e. The van der Waals surface area contributed by atoms with Gasteiger partial charge in [0.1, 0.15) is 11.2 Å². The number of para-hydroxylation sites is 1. The Hall–Kier alpha value is -7.10. The van der Waals surface area contributed by atoms with Gasteiger partial charge in [0, 0.05) is 38.1 Å². The smallest absolute Gasteiger partial charge is 0.143 e. The highest BCUT2D eigenvalue weighted by Gasteiger charge is 2.35. The number of aromatic nitrogens is 2. The molecule has 262 valence electrons. The van der Waals surface area contributed by atoms with Crippen molar-refractivity contribution in [1.82, 2.24) is 9.97 Å².